The van der Waals surface area contributed by atoms with E-state index in [4.69, 9.17) is 4.74 Å². The Kier molecular flexibility index (Phi) is 2.54. The van der Waals surface area contributed by atoms with Crippen LogP contribution in [0.25, 0.3) is 0 Å². The van der Waals surface area contributed by atoms with Crippen molar-refractivity contribution in [2.45, 2.75) is 45.1 Å². The molecule has 3 atom stereocenters. The molecule has 3 aliphatic carbocycles. The van der Waals surface area contributed by atoms with Crippen LogP contribution >= 0.6 is 0 Å². The van der Waals surface area contributed by atoms with Crippen molar-refractivity contribution >= 4 is 0 Å². The zero-order valence-corrected chi connectivity index (χ0v) is 10.2. The van der Waals surface area contributed by atoms with Crippen molar-refractivity contribution in [2.75, 3.05) is 7.11 Å². The molecule has 1 nitrogen and oxygen atoms in total. The third-order valence-electron chi connectivity index (χ3n) is 4.32. The van der Waals surface area contributed by atoms with E-state index < -0.39 is 0 Å². The van der Waals surface area contributed by atoms with E-state index in [1.165, 1.54) is 19.3 Å². The van der Waals surface area contributed by atoms with Gasteiger partial charge < -0.3 is 4.74 Å². The highest BCUT2D eigenvalue weighted by atomic mass is 16.5. The normalized spacial score (nSPS) is 43.9. The van der Waals surface area contributed by atoms with E-state index in [9.17, 15) is 0 Å². The Hall–Kier alpha value is -0.560. The van der Waals surface area contributed by atoms with Gasteiger partial charge in [-0.3, -0.25) is 0 Å². The van der Waals surface area contributed by atoms with E-state index in [1.807, 2.05) is 13.2 Å². The van der Waals surface area contributed by atoms with E-state index in [0.29, 0.717) is 11.3 Å². The van der Waals surface area contributed by atoms with Crippen LogP contribution in [0.5, 0.6) is 0 Å². The molecule has 0 amide bonds. The van der Waals surface area contributed by atoms with Crippen molar-refractivity contribution in [1.29, 1.82) is 0 Å². The molecule has 3 rings (SSSR count). The van der Waals surface area contributed by atoms with Crippen molar-refractivity contribution in [3.63, 3.8) is 0 Å². The predicted molar refractivity (Wildman–Crippen MR) is 63.8 cm³/mol. The molecule has 0 spiro atoms. The zero-order valence-electron chi connectivity index (χ0n) is 10.2. The standard InChI is InChI=1S/C14H22O/c1-5-6-11-9-13(2)8-7-12(11)14(3,10-13)15-4/h5,9,12H,1,6-8,10H2,2-4H3/t12-,13+,14-/m1/s1. The predicted octanol–water partition coefficient (Wildman–Crippen LogP) is 3.71. The Labute approximate surface area is 93.2 Å². The van der Waals surface area contributed by atoms with Crippen molar-refractivity contribution in [3.05, 3.63) is 24.3 Å². The molecule has 0 aliphatic heterocycles. The second kappa shape index (κ2) is 3.48. The second-order valence-electron chi connectivity index (χ2n) is 5.65. The van der Waals surface area contributed by atoms with Crippen LogP contribution in [-0.4, -0.2) is 12.7 Å². The van der Waals surface area contributed by atoms with Gasteiger partial charge in [0, 0.05) is 13.0 Å². The molecule has 2 bridgehead atoms. The Morgan fingerprint density at radius 2 is 2.33 bits per heavy atom. The first-order valence-electron chi connectivity index (χ1n) is 5.91. The monoisotopic (exact) mass is 206 g/mol. The Bertz CT molecular complexity index is 304. The molecule has 0 unspecified atom stereocenters. The van der Waals surface area contributed by atoms with Gasteiger partial charge in [-0.25, -0.2) is 0 Å². The molecule has 0 aromatic rings. The van der Waals surface area contributed by atoms with Gasteiger partial charge in [-0.2, -0.15) is 0 Å². The van der Waals surface area contributed by atoms with Gasteiger partial charge in [0.2, 0.25) is 0 Å². The summed E-state index contributed by atoms with van der Waals surface area (Å²) in [4.78, 5) is 0. The minimum absolute atomic E-state index is 0.0556. The molecule has 84 valence electrons. The summed E-state index contributed by atoms with van der Waals surface area (Å²) in [7, 11) is 1.86. The molecule has 1 fully saturated rings. The van der Waals surface area contributed by atoms with Crippen molar-refractivity contribution in [1.82, 2.24) is 0 Å². The molecule has 0 radical (unpaired) electrons. The highest BCUT2D eigenvalue weighted by Crippen LogP contribution is 2.55. The first kappa shape index (κ1) is 10.9. The zero-order chi connectivity index (χ0) is 11.1. The highest BCUT2D eigenvalue weighted by Gasteiger charge is 2.49. The molecule has 0 aromatic carbocycles. The van der Waals surface area contributed by atoms with Gasteiger partial charge in [0.15, 0.2) is 0 Å². The third kappa shape index (κ3) is 1.67. The van der Waals surface area contributed by atoms with Crippen LogP contribution in [0.3, 0.4) is 0 Å². The molecule has 15 heavy (non-hydrogen) atoms. The van der Waals surface area contributed by atoms with Crippen LogP contribution in [0, 0.1) is 11.3 Å². The van der Waals surface area contributed by atoms with E-state index >= 15 is 0 Å². The largest absolute Gasteiger partial charge is 0.378 e. The average molecular weight is 206 g/mol. The van der Waals surface area contributed by atoms with Gasteiger partial charge in [0.25, 0.3) is 0 Å². The lowest BCUT2D eigenvalue weighted by Gasteiger charge is -2.53. The number of hydrogen-bond donors (Lipinski definition) is 0. The fourth-order valence-electron chi connectivity index (χ4n) is 3.62. The summed E-state index contributed by atoms with van der Waals surface area (Å²) in [5.41, 5.74) is 1.96. The number of ether oxygens (including phenoxy) is 1. The first-order valence-corrected chi connectivity index (χ1v) is 5.91. The lowest BCUT2D eigenvalue weighted by Crippen LogP contribution is -2.50. The summed E-state index contributed by atoms with van der Waals surface area (Å²) >= 11 is 0. The summed E-state index contributed by atoms with van der Waals surface area (Å²) < 4.78 is 5.78. The molecule has 3 aliphatic rings. The summed E-state index contributed by atoms with van der Waals surface area (Å²) in [6.07, 6.45) is 9.30. The summed E-state index contributed by atoms with van der Waals surface area (Å²) in [5, 5.41) is 0. The van der Waals surface area contributed by atoms with Crippen LogP contribution in [0.2, 0.25) is 0 Å². The molecule has 0 heterocycles. The number of hydrogen-bond acceptors (Lipinski definition) is 1. The summed E-state index contributed by atoms with van der Waals surface area (Å²) in [5.74, 6) is 0.613. The number of allylic oxidation sites excluding steroid dienone is 2. The number of rotatable bonds is 3. The molecule has 0 aromatic heterocycles. The van der Waals surface area contributed by atoms with Gasteiger partial charge in [0.1, 0.15) is 0 Å². The maximum atomic E-state index is 5.78. The van der Waals surface area contributed by atoms with Crippen molar-refractivity contribution in [3.8, 4) is 0 Å². The van der Waals surface area contributed by atoms with Gasteiger partial charge in [-0.05, 0) is 38.0 Å². The van der Waals surface area contributed by atoms with Gasteiger partial charge in [-0.1, -0.05) is 24.6 Å². The molecular weight excluding hydrogens is 184 g/mol. The van der Waals surface area contributed by atoms with Crippen LogP contribution in [0.15, 0.2) is 24.3 Å². The van der Waals surface area contributed by atoms with Gasteiger partial charge in [-0.15, -0.1) is 6.58 Å². The van der Waals surface area contributed by atoms with Crippen LogP contribution in [0.4, 0.5) is 0 Å². The van der Waals surface area contributed by atoms with Crippen LogP contribution in [-0.2, 0) is 4.74 Å². The van der Waals surface area contributed by atoms with Crippen molar-refractivity contribution < 1.29 is 4.74 Å². The molecule has 0 saturated heterocycles. The SMILES string of the molecule is C=CCC1=C[C@]2(C)CC[C@H]1[C@](C)(OC)C2. The number of methoxy groups -OCH3 is 1. The second-order valence-corrected chi connectivity index (χ2v) is 5.65. The van der Waals surface area contributed by atoms with E-state index in [-0.39, 0.29) is 5.60 Å². The number of fused-ring (bicyclic) bond motifs is 2. The summed E-state index contributed by atoms with van der Waals surface area (Å²) in [6.45, 7) is 8.49. The van der Waals surface area contributed by atoms with E-state index in [1.54, 1.807) is 5.57 Å². The Morgan fingerprint density at radius 3 is 2.87 bits per heavy atom. The van der Waals surface area contributed by atoms with Crippen LogP contribution in [0.1, 0.15) is 39.5 Å². The maximum absolute atomic E-state index is 5.78. The average Bonchev–Trinajstić information content (AvgIpc) is 2.17. The molecule has 1 saturated carbocycles. The topological polar surface area (TPSA) is 9.23 Å². The molecule has 0 N–H and O–H groups in total. The first-order chi connectivity index (χ1) is 7.03. The minimum atomic E-state index is 0.0556. The van der Waals surface area contributed by atoms with Crippen molar-refractivity contribution in [2.24, 2.45) is 11.3 Å². The smallest absolute Gasteiger partial charge is 0.0724 e. The fourth-order valence-corrected chi connectivity index (χ4v) is 3.62. The summed E-state index contributed by atoms with van der Waals surface area (Å²) in [6, 6.07) is 0. The lowest BCUT2D eigenvalue weighted by atomic mass is 9.56. The molecule has 1 heteroatoms. The lowest BCUT2D eigenvalue weighted by molar-refractivity contribution is -0.0933. The highest BCUT2D eigenvalue weighted by molar-refractivity contribution is 5.27. The van der Waals surface area contributed by atoms with E-state index in [0.717, 1.165) is 6.42 Å². The fraction of sp³-hybridized carbons (Fsp3) is 0.714. The molecular formula is C14H22O. The Balaban J connectivity index is 2.35. The van der Waals surface area contributed by atoms with Crippen LogP contribution < -0.4 is 0 Å². The third-order valence-corrected chi connectivity index (χ3v) is 4.32. The minimum Gasteiger partial charge on any atom is -0.378 e. The van der Waals surface area contributed by atoms with Gasteiger partial charge in [0.05, 0.1) is 5.60 Å². The Morgan fingerprint density at radius 1 is 1.60 bits per heavy atom. The van der Waals surface area contributed by atoms with Gasteiger partial charge >= 0.3 is 0 Å². The quantitative estimate of drug-likeness (QED) is 0.640. The maximum Gasteiger partial charge on any atom is 0.0724 e. The van der Waals surface area contributed by atoms with E-state index in [2.05, 4.69) is 26.5 Å².